The summed E-state index contributed by atoms with van der Waals surface area (Å²) in [5.74, 6) is 2.01. The smallest absolute Gasteiger partial charge is 0.323 e. The van der Waals surface area contributed by atoms with E-state index >= 15 is 0 Å². The van der Waals surface area contributed by atoms with Crippen molar-refractivity contribution in [2.24, 2.45) is 0 Å². The Bertz CT molecular complexity index is 531. The first-order valence-corrected chi connectivity index (χ1v) is 5.81. The summed E-state index contributed by atoms with van der Waals surface area (Å²) in [4.78, 5) is 29.8. The third kappa shape index (κ3) is 2.85. The van der Waals surface area contributed by atoms with Gasteiger partial charge in [-0.05, 0) is 0 Å². The number of terminal acetylenes is 1. The molecule has 1 aromatic heterocycles. The fourth-order valence-electron chi connectivity index (χ4n) is 2.00. The van der Waals surface area contributed by atoms with Crippen molar-refractivity contribution >= 4 is 12.0 Å². The summed E-state index contributed by atoms with van der Waals surface area (Å²) in [5, 5.41) is 8.79. The van der Waals surface area contributed by atoms with Gasteiger partial charge in [-0.15, -0.1) is 6.42 Å². The van der Waals surface area contributed by atoms with Crippen LogP contribution in [0.25, 0.3) is 0 Å². The van der Waals surface area contributed by atoms with Crippen LogP contribution in [0.3, 0.4) is 0 Å². The van der Waals surface area contributed by atoms with E-state index in [0.717, 1.165) is 10.7 Å². The largest absolute Gasteiger partial charge is 0.480 e. The average Bonchev–Trinajstić information content (AvgIpc) is 2.84. The van der Waals surface area contributed by atoms with Crippen molar-refractivity contribution in [2.75, 3.05) is 19.6 Å². The predicted molar refractivity (Wildman–Crippen MR) is 66.1 cm³/mol. The van der Waals surface area contributed by atoms with Gasteiger partial charge < -0.3 is 19.5 Å². The van der Waals surface area contributed by atoms with Gasteiger partial charge >= 0.3 is 12.0 Å². The minimum Gasteiger partial charge on any atom is -0.480 e. The Balaban J connectivity index is 2.06. The molecular weight excluding hydrogens is 248 g/mol. The van der Waals surface area contributed by atoms with E-state index in [1.165, 1.54) is 0 Å². The number of rotatable bonds is 3. The van der Waals surface area contributed by atoms with Crippen LogP contribution < -0.4 is 0 Å². The molecule has 0 unspecified atom stereocenters. The number of aromatic nitrogens is 2. The van der Waals surface area contributed by atoms with Crippen molar-refractivity contribution in [3.8, 4) is 12.3 Å². The number of carbonyl (C=O) groups is 2. The number of urea groups is 1. The van der Waals surface area contributed by atoms with Crippen molar-refractivity contribution < 1.29 is 14.7 Å². The number of nitrogens with zero attached hydrogens (tertiary/aromatic N) is 4. The Morgan fingerprint density at radius 3 is 3.00 bits per heavy atom. The second-order valence-corrected chi connectivity index (χ2v) is 4.19. The molecule has 7 nitrogen and oxygen atoms in total. The van der Waals surface area contributed by atoms with Crippen LogP contribution >= 0.6 is 0 Å². The minimum absolute atomic E-state index is 0.0178. The van der Waals surface area contributed by atoms with Crippen LogP contribution in [0.4, 0.5) is 4.79 Å². The van der Waals surface area contributed by atoms with Gasteiger partial charge in [-0.1, -0.05) is 5.92 Å². The van der Waals surface area contributed by atoms with E-state index in [1.54, 1.807) is 11.1 Å². The van der Waals surface area contributed by atoms with Gasteiger partial charge in [-0.25, -0.2) is 9.78 Å². The fourth-order valence-corrected chi connectivity index (χ4v) is 2.00. The molecular formula is C12H14N4O3. The number of fused-ring (bicyclic) bond motifs is 1. The van der Waals surface area contributed by atoms with E-state index in [4.69, 9.17) is 11.5 Å². The number of amides is 2. The molecule has 0 saturated heterocycles. The molecule has 7 heteroatoms. The maximum Gasteiger partial charge on any atom is 0.323 e. The molecule has 2 heterocycles. The molecule has 0 bridgehead atoms. The molecule has 1 N–H and O–H groups in total. The molecule has 0 aliphatic carbocycles. The predicted octanol–water partition coefficient (Wildman–Crippen LogP) is -0.161. The Morgan fingerprint density at radius 1 is 1.53 bits per heavy atom. The lowest BCUT2D eigenvalue weighted by Gasteiger charge is -2.31. The summed E-state index contributed by atoms with van der Waals surface area (Å²) in [6.07, 6.45) is 8.70. The number of hydrogen-bond donors (Lipinski definition) is 1. The van der Waals surface area contributed by atoms with Crippen LogP contribution in [0.1, 0.15) is 5.82 Å². The lowest BCUT2D eigenvalue weighted by atomic mass is 10.3. The summed E-state index contributed by atoms with van der Waals surface area (Å²) in [6.45, 7) is 1.12. The zero-order valence-corrected chi connectivity index (χ0v) is 10.3. The summed E-state index contributed by atoms with van der Waals surface area (Å²) in [5.41, 5.74) is 0. The molecule has 2 amide bonds. The van der Waals surface area contributed by atoms with E-state index in [1.807, 2.05) is 10.8 Å². The van der Waals surface area contributed by atoms with Gasteiger partial charge in [0.05, 0.1) is 13.1 Å². The average molecular weight is 262 g/mol. The van der Waals surface area contributed by atoms with Crippen molar-refractivity contribution in [1.82, 2.24) is 19.4 Å². The lowest BCUT2D eigenvalue weighted by molar-refractivity contribution is -0.137. The minimum atomic E-state index is -1.08. The maximum absolute atomic E-state index is 12.2. The van der Waals surface area contributed by atoms with E-state index < -0.39 is 12.5 Å². The number of hydrogen-bond acceptors (Lipinski definition) is 3. The summed E-state index contributed by atoms with van der Waals surface area (Å²) < 4.78 is 1.96. The van der Waals surface area contributed by atoms with Crippen molar-refractivity contribution in [3.05, 3.63) is 18.2 Å². The quantitative estimate of drug-likeness (QED) is 0.768. The highest BCUT2D eigenvalue weighted by atomic mass is 16.4. The van der Waals surface area contributed by atoms with Crippen LogP contribution in [0.2, 0.25) is 0 Å². The number of carboxylic acid groups (broad SMARTS) is 1. The standard InChI is InChI=1S/C12H14N4O3/c1-2-4-15(9-11(17)18)12(19)16-7-6-14-5-3-13-10(14)8-16/h1,3,5H,4,6-9H2,(H,17,18). The molecule has 19 heavy (non-hydrogen) atoms. The van der Waals surface area contributed by atoms with E-state index in [9.17, 15) is 9.59 Å². The molecule has 0 aromatic carbocycles. The molecule has 0 saturated carbocycles. The van der Waals surface area contributed by atoms with E-state index in [-0.39, 0.29) is 12.6 Å². The van der Waals surface area contributed by atoms with E-state index in [2.05, 4.69) is 10.9 Å². The molecule has 2 rings (SSSR count). The van der Waals surface area contributed by atoms with Crippen LogP contribution in [0.5, 0.6) is 0 Å². The second-order valence-electron chi connectivity index (χ2n) is 4.19. The molecule has 0 spiro atoms. The molecule has 1 aliphatic heterocycles. The van der Waals surface area contributed by atoms with Crippen LogP contribution in [-0.2, 0) is 17.9 Å². The molecule has 0 fully saturated rings. The highest BCUT2D eigenvalue weighted by Gasteiger charge is 2.26. The topological polar surface area (TPSA) is 78.7 Å². The molecule has 100 valence electrons. The number of carbonyl (C=O) groups excluding carboxylic acids is 1. The van der Waals surface area contributed by atoms with Gasteiger partial charge in [0.2, 0.25) is 0 Å². The second kappa shape index (κ2) is 5.44. The van der Waals surface area contributed by atoms with Crippen LogP contribution in [0.15, 0.2) is 12.4 Å². The Morgan fingerprint density at radius 2 is 2.32 bits per heavy atom. The first-order chi connectivity index (χ1) is 9.11. The van der Waals surface area contributed by atoms with Gasteiger partial charge in [0, 0.05) is 25.5 Å². The van der Waals surface area contributed by atoms with Crippen LogP contribution in [-0.4, -0.2) is 56.1 Å². The summed E-state index contributed by atoms with van der Waals surface area (Å²) in [6, 6.07) is -0.366. The van der Waals surface area contributed by atoms with Gasteiger partial charge in [0.25, 0.3) is 0 Å². The Kier molecular flexibility index (Phi) is 3.71. The first kappa shape index (κ1) is 13.0. The van der Waals surface area contributed by atoms with Crippen LogP contribution in [0, 0.1) is 12.3 Å². The fraction of sp³-hybridized carbons (Fsp3) is 0.417. The molecule has 0 atom stereocenters. The van der Waals surface area contributed by atoms with Crippen molar-refractivity contribution in [1.29, 1.82) is 0 Å². The van der Waals surface area contributed by atoms with Gasteiger partial charge in [0.15, 0.2) is 0 Å². The van der Waals surface area contributed by atoms with E-state index in [0.29, 0.717) is 19.6 Å². The maximum atomic E-state index is 12.2. The lowest BCUT2D eigenvalue weighted by Crippen LogP contribution is -2.48. The van der Waals surface area contributed by atoms with Gasteiger partial charge in [-0.3, -0.25) is 4.79 Å². The summed E-state index contributed by atoms with van der Waals surface area (Å²) >= 11 is 0. The van der Waals surface area contributed by atoms with Crippen molar-refractivity contribution in [2.45, 2.75) is 13.1 Å². The van der Waals surface area contributed by atoms with Gasteiger partial charge in [0.1, 0.15) is 12.4 Å². The number of aliphatic carboxylic acids is 1. The first-order valence-electron chi connectivity index (χ1n) is 5.81. The zero-order chi connectivity index (χ0) is 13.8. The third-order valence-corrected chi connectivity index (χ3v) is 2.89. The Hall–Kier alpha value is -2.49. The third-order valence-electron chi connectivity index (χ3n) is 2.89. The van der Waals surface area contributed by atoms with Crippen molar-refractivity contribution in [3.63, 3.8) is 0 Å². The normalized spacial score (nSPS) is 13.5. The zero-order valence-electron chi connectivity index (χ0n) is 10.3. The monoisotopic (exact) mass is 262 g/mol. The molecule has 1 aromatic rings. The molecule has 0 radical (unpaired) electrons. The number of imidazole rings is 1. The molecule has 1 aliphatic rings. The SMILES string of the molecule is C#CCN(CC(=O)O)C(=O)N1CCn2ccnc2C1. The summed E-state index contributed by atoms with van der Waals surface area (Å²) in [7, 11) is 0. The Labute approximate surface area is 110 Å². The van der Waals surface area contributed by atoms with Gasteiger partial charge in [-0.2, -0.15) is 0 Å². The highest BCUT2D eigenvalue weighted by Crippen LogP contribution is 2.12. The highest BCUT2D eigenvalue weighted by molar-refractivity contribution is 5.80. The number of carboxylic acids is 1.